The molecule has 0 fully saturated rings. The van der Waals surface area contributed by atoms with Crippen LogP contribution in [0.5, 0.6) is 11.5 Å². The van der Waals surface area contributed by atoms with Gasteiger partial charge in [0, 0.05) is 16.7 Å². The molecular weight excluding hydrogens is 492 g/mol. The molecule has 0 aliphatic rings. The first-order valence-corrected chi connectivity index (χ1v) is 12.1. The van der Waals surface area contributed by atoms with E-state index < -0.39 is 0 Å². The van der Waals surface area contributed by atoms with Crippen molar-refractivity contribution < 1.29 is 14.3 Å². The van der Waals surface area contributed by atoms with Crippen LogP contribution in [0.1, 0.15) is 32.7 Å². The third-order valence-corrected chi connectivity index (χ3v) is 5.99. The van der Waals surface area contributed by atoms with Crippen molar-refractivity contribution in [3.8, 4) is 11.5 Å². The van der Waals surface area contributed by atoms with Gasteiger partial charge >= 0.3 is 0 Å². The van der Waals surface area contributed by atoms with E-state index >= 15 is 0 Å². The molecule has 0 saturated carbocycles. The molecule has 0 aliphatic heterocycles. The number of hydrogen-bond acceptors (Lipinski definition) is 6. The Balaban J connectivity index is 1.71. The summed E-state index contributed by atoms with van der Waals surface area (Å²) in [7, 11) is 1.61. The summed E-state index contributed by atoms with van der Waals surface area (Å²) in [4.78, 5) is 12.4. The van der Waals surface area contributed by atoms with Gasteiger partial charge in [0.05, 0.1) is 12.9 Å². The summed E-state index contributed by atoms with van der Waals surface area (Å²) in [5.41, 5.74) is 0.752. The summed E-state index contributed by atoms with van der Waals surface area (Å²) in [6, 6.07) is 15.0. The number of hydrogen-bond donors (Lipinski definition) is 1. The van der Waals surface area contributed by atoms with Crippen molar-refractivity contribution in [1.29, 1.82) is 0 Å². The van der Waals surface area contributed by atoms with Gasteiger partial charge in [0.15, 0.2) is 28.6 Å². The average Bonchev–Trinajstić information content (AvgIpc) is 3.16. The first-order valence-electron chi connectivity index (χ1n) is 10.3. The van der Waals surface area contributed by atoms with Crippen LogP contribution in [0.25, 0.3) is 0 Å². The second kappa shape index (κ2) is 11.4. The number of aromatic nitrogens is 3. The molecule has 0 bridgehead atoms. The highest BCUT2D eigenvalue weighted by Gasteiger charge is 2.22. The van der Waals surface area contributed by atoms with E-state index in [9.17, 15) is 4.79 Å². The number of nitrogens with one attached hydrogen (secondary N) is 1. The van der Waals surface area contributed by atoms with Crippen LogP contribution < -0.4 is 14.8 Å². The molecule has 1 atom stereocenters. The lowest BCUT2D eigenvalue weighted by Crippen LogP contribution is -2.17. The van der Waals surface area contributed by atoms with Crippen LogP contribution in [-0.2, 0) is 11.3 Å². The van der Waals surface area contributed by atoms with Gasteiger partial charge in [-0.3, -0.25) is 4.79 Å². The largest absolute Gasteiger partial charge is 0.493 e. The lowest BCUT2D eigenvalue weighted by atomic mass is 10.2. The van der Waals surface area contributed by atoms with Crippen molar-refractivity contribution in [2.24, 2.45) is 5.92 Å². The van der Waals surface area contributed by atoms with Crippen LogP contribution in [0.4, 0.5) is 5.69 Å². The standard InChI is InChI=1S/C23H27BrN4O3S/c1-15(2)13-28-22(16(3)31-20-8-6-5-7-19(20)30-4)26-27-23(28)32-14-21(29)25-18-11-9-17(24)10-12-18/h5-12,15-16H,13-14H2,1-4H3,(H,25,29). The summed E-state index contributed by atoms with van der Waals surface area (Å²) in [5.74, 6) is 2.52. The highest BCUT2D eigenvalue weighted by molar-refractivity contribution is 9.10. The summed E-state index contributed by atoms with van der Waals surface area (Å²) >= 11 is 4.75. The van der Waals surface area contributed by atoms with E-state index in [0.29, 0.717) is 28.4 Å². The second-order valence-electron chi connectivity index (χ2n) is 7.60. The number of ether oxygens (including phenoxy) is 2. The maximum Gasteiger partial charge on any atom is 0.234 e. The number of halogens is 1. The predicted octanol–water partition coefficient (Wildman–Crippen LogP) is 5.58. The maximum absolute atomic E-state index is 12.4. The van der Waals surface area contributed by atoms with Gasteiger partial charge in [-0.05, 0) is 49.2 Å². The number of carbonyl (C=O) groups excluding carboxylic acids is 1. The maximum atomic E-state index is 12.4. The molecule has 32 heavy (non-hydrogen) atoms. The van der Waals surface area contributed by atoms with Gasteiger partial charge in [0.2, 0.25) is 5.91 Å². The molecule has 1 unspecified atom stereocenters. The van der Waals surface area contributed by atoms with E-state index in [4.69, 9.17) is 9.47 Å². The molecule has 0 radical (unpaired) electrons. The summed E-state index contributed by atoms with van der Waals surface area (Å²) in [6.45, 7) is 6.91. The lowest BCUT2D eigenvalue weighted by molar-refractivity contribution is -0.113. The van der Waals surface area contributed by atoms with Gasteiger partial charge in [0.25, 0.3) is 0 Å². The molecule has 1 aromatic heterocycles. The van der Waals surface area contributed by atoms with Crippen LogP contribution in [0.2, 0.25) is 0 Å². The highest BCUT2D eigenvalue weighted by atomic mass is 79.9. The Labute approximate surface area is 201 Å². The smallest absolute Gasteiger partial charge is 0.234 e. The fraction of sp³-hybridized carbons (Fsp3) is 0.348. The van der Waals surface area contributed by atoms with E-state index in [2.05, 4.69) is 45.3 Å². The van der Waals surface area contributed by atoms with Crippen molar-refractivity contribution in [1.82, 2.24) is 14.8 Å². The van der Waals surface area contributed by atoms with Gasteiger partial charge in [-0.25, -0.2) is 0 Å². The zero-order chi connectivity index (χ0) is 23.1. The third kappa shape index (κ3) is 6.49. The molecule has 3 aromatic rings. The van der Waals surface area contributed by atoms with Gasteiger partial charge in [0.1, 0.15) is 0 Å². The molecule has 3 rings (SSSR count). The van der Waals surface area contributed by atoms with Crippen molar-refractivity contribution in [3.05, 3.63) is 58.8 Å². The van der Waals surface area contributed by atoms with Gasteiger partial charge in [-0.2, -0.15) is 0 Å². The molecule has 1 N–H and O–H groups in total. The van der Waals surface area contributed by atoms with Crippen molar-refractivity contribution in [2.45, 2.75) is 38.6 Å². The molecule has 0 aliphatic carbocycles. The second-order valence-corrected chi connectivity index (χ2v) is 9.46. The summed E-state index contributed by atoms with van der Waals surface area (Å²) in [6.07, 6.45) is -0.344. The molecular formula is C23H27BrN4O3S. The number of thioether (sulfide) groups is 1. The number of benzene rings is 2. The first kappa shape index (κ1) is 24.1. The molecule has 1 amide bonds. The van der Waals surface area contributed by atoms with E-state index in [0.717, 1.165) is 16.7 Å². The Hall–Kier alpha value is -2.52. The first-order chi connectivity index (χ1) is 15.4. The molecule has 2 aromatic carbocycles. The van der Waals surface area contributed by atoms with Gasteiger partial charge < -0.3 is 19.4 Å². The fourth-order valence-electron chi connectivity index (χ4n) is 3.06. The minimum Gasteiger partial charge on any atom is -0.493 e. The van der Waals surface area contributed by atoms with Crippen LogP contribution >= 0.6 is 27.7 Å². The molecule has 0 spiro atoms. The monoisotopic (exact) mass is 518 g/mol. The SMILES string of the molecule is COc1ccccc1OC(C)c1nnc(SCC(=O)Nc2ccc(Br)cc2)n1CC(C)C. The van der Waals surface area contributed by atoms with Crippen LogP contribution in [-0.4, -0.2) is 33.5 Å². The predicted molar refractivity (Wildman–Crippen MR) is 130 cm³/mol. The Morgan fingerprint density at radius 1 is 1.09 bits per heavy atom. The quantitative estimate of drug-likeness (QED) is 0.353. The number of anilines is 1. The van der Waals surface area contributed by atoms with Crippen LogP contribution in [0, 0.1) is 5.92 Å². The van der Waals surface area contributed by atoms with Crippen molar-refractivity contribution in [3.63, 3.8) is 0 Å². The number of amides is 1. The molecule has 0 saturated heterocycles. The molecule has 7 nitrogen and oxygen atoms in total. The van der Waals surface area contributed by atoms with Crippen molar-refractivity contribution in [2.75, 3.05) is 18.2 Å². The van der Waals surface area contributed by atoms with E-state index in [1.54, 1.807) is 7.11 Å². The number of nitrogens with zero attached hydrogens (tertiary/aromatic N) is 3. The number of carbonyl (C=O) groups is 1. The summed E-state index contributed by atoms with van der Waals surface area (Å²) in [5, 5.41) is 12.3. The highest BCUT2D eigenvalue weighted by Crippen LogP contribution is 2.31. The van der Waals surface area contributed by atoms with E-state index in [1.807, 2.05) is 60.0 Å². The van der Waals surface area contributed by atoms with Crippen LogP contribution in [0.15, 0.2) is 58.2 Å². The molecule has 9 heteroatoms. The molecule has 1 heterocycles. The Bertz CT molecular complexity index is 1040. The van der Waals surface area contributed by atoms with E-state index in [1.165, 1.54) is 11.8 Å². The van der Waals surface area contributed by atoms with E-state index in [-0.39, 0.29) is 17.8 Å². The minimum atomic E-state index is -0.344. The lowest BCUT2D eigenvalue weighted by Gasteiger charge is -2.19. The zero-order valence-corrected chi connectivity index (χ0v) is 20.9. The average molecular weight is 519 g/mol. The topological polar surface area (TPSA) is 78.3 Å². The third-order valence-electron chi connectivity index (χ3n) is 4.49. The number of rotatable bonds is 10. The van der Waals surface area contributed by atoms with Gasteiger partial charge in [-0.1, -0.05) is 53.7 Å². The fourth-order valence-corrected chi connectivity index (χ4v) is 4.08. The summed E-state index contributed by atoms with van der Waals surface area (Å²) < 4.78 is 14.5. The van der Waals surface area contributed by atoms with Crippen LogP contribution in [0.3, 0.4) is 0 Å². The Morgan fingerprint density at radius 2 is 1.78 bits per heavy atom. The zero-order valence-electron chi connectivity index (χ0n) is 18.5. The Morgan fingerprint density at radius 3 is 2.44 bits per heavy atom. The number of methoxy groups -OCH3 is 1. The van der Waals surface area contributed by atoms with Gasteiger partial charge in [-0.15, -0.1) is 10.2 Å². The number of para-hydroxylation sites is 2. The molecule has 170 valence electrons. The Kier molecular flexibility index (Phi) is 8.58. The minimum absolute atomic E-state index is 0.101. The van der Waals surface area contributed by atoms with Crippen molar-refractivity contribution >= 4 is 39.3 Å². The normalized spacial score (nSPS) is 11.9.